The van der Waals surface area contributed by atoms with Crippen molar-refractivity contribution in [3.05, 3.63) is 17.7 Å². The summed E-state index contributed by atoms with van der Waals surface area (Å²) in [5, 5.41) is 0. The van der Waals surface area contributed by atoms with Gasteiger partial charge in [0.25, 0.3) is 0 Å². The first-order chi connectivity index (χ1) is 5.84. The van der Waals surface area contributed by atoms with Crippen molar-refractivity contribution in [3.8, 4) is 0 Å². The Morgan fingerprint density at radius 2 is 1.38 bits per heavy atom. The van der Waals surface area contributed by atoms with Crippen LogP contribution in [0, 0.1) is 0 Å². The topological polar surface area (TPSA) is 0 Å². The smallest absolute Gasteiger partial charge is 0.0949 e. The third-order valence-electron chi connectivity index (χ3n) is 2.69. The van der Waals surface area contributed by atoms with Gasteiger partial charge in [0.15, 0.2) is 0 Å². The Labute approximate surface area is 84.3 Å². The highest BCUT2D eigenvalue weighted by Gasteiger charge is 2.18. The lowest BCUT2D eigenvalue weighted by Gasteiger charge is -2.26. The summed E-state index contributed by atoms with van der Waals surface area (Å²) in [5.41, 5.74) is 6.03. The Morgan fingerprint density at radius 3 is 1.77 bits per heavy atom. The quantitative estimate of drug-likeness (QED) is 0.386. The van der Waals surface area contributed by atoms with E-state index < -0.39 is 0 Å². The molecule has 0 bridgehead atoms. The molecule has 0 aliphatic carbocycles. The molecule has 3 heteroatoms. The molecule has 0 aliphatic rings. The lowest BCUT2D eigenvalue weighted by molar-refractivity contribution is 0.598. The summed E-state index contributed by atoms with van der Waals surface area (Å²) in [4.78, 5) is 0. The van der Waals surface area contributed by atoms with E-state index in [1.54, 1.807) is 0 Å². The number of rotatable bonds is 0. The molecule has 0 heterocycles. The summed E-state index contributed by atoms with van der Waals surface area (Å²) in [5.74, 6) is 0. The first-order valence-electron chi connectivity index (χ1n) is 4.91. The Hall–Kier alpha value is -0.585. The predicted molar refractivity (Wildman–Crippen MR) is 69.7 cm³/mol. The minimum Gasteiger partial charge on any atom is -0.0949 e. The van der Waals surface area contributed by atoms with Gasteiger partial charge >= 0.3 is 0 Å². The van der Waals surface area contributed by atoms with Gasteiger partial charge < -0.3 is 0 Å². The largest absolute Gasteiger partial charge is 0.139 e. The molecule has 1 aromatic carbocycles. The van der Waals surface area contributed by atoms with Crippen LogP contribution in [-0.4, -0.2) is 23.5 Å². The lowest BCUT2D eigenvalue weighted by atomic mass is 9.66. The maximum absolute atomic E-state index is 2.28. The molecule has 1 aromatic rings. The van der Waals surface area contributed by atoms with E-state index in [1.807, 2.05) is 0 Å². The predicted octanol–water partition coefficient (Wildman–Crippen LogP) is -2.24. The normalized spacial score (nSPS) is 11.6. The molecule has 0 aromatic heterocycles. The zero-order valence-corrected chi connectivity index (χ0v) is 9.65. The van der Waals surface area contributed by atoms with Gasteiger partial charge in [-0.25, -0.2) is 0 Å². The van der Waals surface area contributed by atoms with Crippen molar-refractivity contribution >= 4 is 39.9 Å². The Balaban J connectivity index is 3.43. The molecule has 0 atom stereocenters. The molecular formula is C10H17B3. The van der Waals surface area contributed by atoms with Gasteiger partial charge in [0.2, 0.25) is 0 Å². The van der Waals surface area contributed by atoms with Crippen LogP contribution in [0.25, 0.3) is 0 Å². The Bertz CT molecular complexity index is 324. The van der Waals surface area contributed by atoms with Gasteiger partial charge in [-0.2, -0.15) is 0 Å². The van der Waals surface area contributed by atoms with Crippen molar-refractivity contribution < 1.29 is 0 Å². The van der Waals surface area contributed by atoms with E-state index in [0.717, 1.165) is 0 Å². The van der Waals surface area contributed by atoms with Gasteiger partial charge in [0.1, 0.15) is 23.5 Å². The first kappa shape index (κ1) is 10.5. The average Bonchev–Trinajstić information content (AvgIpc) is 1.95. The zero-order chi connectivity index (χ0) is 10.2. The third kappa shape index (κ3) is 2.01. The molecular weight excluding hydrogens is 153 g/mol. The fourth-order valence-electron chi connectivity index (χ4n) is 2.11. The Kier molecular flexibility index (Phi) is 2.65. The molecule has 13 heavy (non-hydrogen) atoms. The standard InChI is InChI=1S/C10H17B3/c1-10(2,3)8-6(11)4-5-7(12)9(8)13/h4-5H,11-13H2,1-3H3. The van der Waals surface area contributed by atoms with Crippen molar-refractivity contribution in [1.29, 1.82) is 0 Å². The fourth-order valence-corrected chi connectivity index (χ4v) is 2.11. The van der Waals surface area contributed by atoms with Crippen molar-refractivity contribution in [1.82, 2.24) is 0 Å². The third-order valence-corrected chi connectivity index (χ3v) is 2.69. The summed E-state index contributed by atoms with van der Waals surface area (Å²) in [6, 6.07) is 4.43. The summed E-state index contributed by atoms with van der Waals surface area (Å²) in [6.45, 7) is 6.84. The molecule has 0 N–H and O–H groups in total. The fraction of sp³-hybridized carbons (Fsp3) is 0.400. The summed E-state index contributed by atoms with van der Waals surface area (Å²) >= 11 is 0. The van der Waals surface area contributed by atoms with Gasteiger partial charge in [-0.1, -0.05) is 54.9 Å². The van der Waals surface area contributed by atoms with Crippen LogP contribution in [0.5, 0.6) is 0 Å². The monoisotopic (exact) mass is 170 g/mol. The second kappa shape index (κ2) is 3.28. The van der Waals surface area contributed by atoms with E-state index in [-0.39, 0.29) is 5.41 Å². The molecule has 0 saturated carbocycles. The van der Waals surface area contributed by atoms with Crippen LogP contribution in [0.2, 0.25) is 0 Å². The molecule has 1 rings (SSSR count). The number of hydrogen-bond donors (Lipinski definition) is 0. The highest BCUT2D eigenvalue weighted by Crippen LogP contribution is 2.16. The number of hydrogen-bond acceptors (Lipinski definition) is 0. The summed E-state index contributed by atoms with van der Waals surface area (Å²) in [6.07, 6.45) is 0. The second-order valence-corrected chi connectivity index (χ2v) is 4.95. The maximum atomic E-state index is 2.28. The van der Waals surface area contributed by atoms with Crippen LogP contribution in [0.15, 0.2) is 12.1 Å². The van der Waals surface area contributed by atoms with Crippen LogP contribution >= 0.6 is 0 Å². The van der Waals surface area contributed by atoms with Crippen LogP contribution in [-0.2, 0) is 5.41 Å². The molecule has 0 aliphatic heterocycles. The first-order valence-corrected chi connectivity index (χ1v) is 4.91. The van der Waals surface area contributed by atoms with Crippen molar-refractivity contribution in [2.75, 3.05) is 0 Å². The van der Waals surface area contributed by atoms with E-state index in [4.69, 9.17) is 0 Å². The zero-order valence-electron chi connectivity index (χ0n) is 9.65. The molecule has 0 saturated heterocycles. The SMILES string of the molecule is Bc1ccc(B)c(C(C)(C)C)c1B. The minimum atomic E-state index is 0.264. The van der Waals surface area contributed by atoms with E-state index in [2.05, 4.69) is 56.4 Å². The van der Waals surface area contributed by atoms with Crippen molar-refractivity contribution in [2.24, 2.45) is 0 Å². The van der Waals surface area contributed by atoms with Crippen LogP contribution < -0.4 is 16.4 Å². The highest BCUT2D eigenvalue weighted by molar-refractivity contribution is 6.51. The number of benzene rings is 1. The molecule has 66 valence electrons. The van der Waals surface area contributed by atoms with Gasteiger partial charge in [-0.3, -0.25) is 0 Å². The molecule has 0 fully saturated rings. The minimum absolute atomic E-state index is 0.264. The lowest BCUT2D eigenvalue weighted by Crippen LogP contribution is -2.40. The Morgan fingerprint density at radius 1 is 0.923 bits per heavy atom. The van der Waals surface area contributed by atoms with Gasteiger partial charge in [0, 0.05) is 0 Å². The van der Waals surface area contributed by atoms with Gasteiger partial charge in [-0.15, -0.1) is 0 Å². The summed E-state index contributed by atoms with van der Waals surface area (Å²) < 4.78 is 0. The average molecular weight is 170 g/mol. The van der Waals surface area contributed by atoms with E-state index >= 15 is 0 Å². The highest BCUT2D eigenvalue weighted by atomic mass is 14.2. The van der Waals surface area contributed by atoms with Crippen molar-refractivity contribution in [3.63, 3.8) is 0 Å². The second-order valence-electron chi connectivity index (χ2n) is 4.95. The molecule has 0 radical (unpaired) electrons. The molecule has 0 amide bonds. The van der Waals surface area contributed by atoms with E-state index in [1.165, 1.54) is 22.0 Å². The molecule has 0 nitrogen and oxygen atoms in total. The summed E-state index contributed by atoms with van der Waals surface area (Å²) in [7, 11) is 6.61. The van der Waals surface area contributed by atoms with Gasteiger partial charge in [0.05, 0.1) is 0 Å². The van der Waals surface area contributed by atoms with Crippen molar-refractivity contribution in [2.45, 2.75) is 26.2 Å². The van der Waals surface area contributed by atoms with Gasteiger partial charge in [-0.05, 0) is 5.41 Å². The van der Waals surface area contributed by atoms with Crippen LogP contribution in [0.3, 0.4) is 0 Å². The molecule has 0 unspecified atom stereocenters. The van der Waals surface area contributed by atoms with Crippen LogP contribution in [0.1, 0.15) is 26.3 Å². The van der Waals surface area contributed by atoms with Crippen LogP contribution in [0.4, 0.5) is 0 Å². The maximum Gasteiger partial charge on any atom is 0.139 e. The van der Waals surface area contributed by atoms with E-state index in [9.17, 15) is 0 Å². The molecule has 0 spiro atoms. The van der Waals surface area contributed by atoms with E-state index in [0.29, 0.717) is 0 Å².